The van der Waals surface area contributed by atoms with Crippen LogP contribution in [0.25, 0.3) is 0 Å². The molecule has 0 amide bonds. The first-order chi connectivity index (χ1) is 14.1. The van der Waals surface area contributed by atoms with Gasteiger partial charge in [0, 0.05) is 18.4 Å². The SMILES string of the molecule is CCOC(=O)C(CCC(=O)O)CCc1nc(Nc2ccc(S(C)(=O)=O)cc2)sc1Br. The van der Waals surface area contributed by atoms with E-state index in [9.17, 15) is 18.0 Å². The van der Waals surface area contributed by atoms with Crippen molar-refractivity contribution in [3.8, 4) is 0 Å². The normalized spacial score (nSPS) is 12.4. The van der Waals surface area contributed by atoms with Gasteiger partial charge < -0.3 is 15.2 Å². The van der Waals surface area contributed by atoms with Gasteiger partial charge in [0.15, 0.2) is 15.0 Å². The molecule has 1 unspecified atom stereocenters. The first kappa shape index (κ1) is 24.3. The molecule has 164 valence electrons. The second kappa shape index (κ2) is 10.9. The van der Waals surface area contributed by atoms with Gasteiger partial charge in [0.05, 0.1) is 26.9 Å². The molecule has 11 heteroatoms. The van der Waals surface area contributed by atoms with Crippen LogP contribution in [0, 0.1) is 5.92 Å². The van der Waals surface area contributed by atoms with E-state index in [1.165, 1.54) is 23.5 Å². The van der Waals surface area contributed by atoms with E-state index in [0.29, 0.717) is 23.7 Å². The number of carbonyl (C=O) groups is 2. The summed E-state index contributed by atoms with van der Waals surface area (Å²) in [7, 11) is -3.25. The molecule has 1 aromatic heterocycles. The Kier molecular flexibility index (Phi) is 8.80. The standard InChI is InChI=1S/C19H23BrN2O6S2/c1-3-28-18(25)12(5-11-16(23)24)4-10-15-17(20)29-19(22-15)21-13-6-8-14(9-7-13)30(2,26)27/h6-9,12H,3-5,10-11H2,1-2H3,(H,21,22)(H,23,24). The van der Waals surface area contributed by atoms with Crippen LogP contribution in [0.4, 0.5) is 10.8 Å². The van der Waals surface area contributed by atoms with Crippen molar-refractivity contribution < 1.29 is 27.9 Å². The van der Waals surface area contributed by atoms with Crippen LogP contribution < -0.4 is 5.32 Å². The Bertz CT molecular complexity index is 989. The number of sulfone groups is 1. The Morgan fingerprint density at radius 1 is 1.27 bits per heavy atom. The number of nitrogens with one attached hydrogen (secondary N) is 1. The number of rotatable bonds is 11. The van der Waals surface area contributed by atoms with Crippen molar-refractivity contribution in [2.24, 2.45) is 5.92 Å². The van der Waals surface area contributed by atoms with Crippen LogP contribution in [0.5, 0.6) is 0 Å². The van der Waals surface area contributed by atoms with E-state index < -0.39 is 27.7 Å². The number of carboxylic acid groups (broad SMARTS) is 1. The van der Waals surface area contributed by atoms with E-state index in [2.05, 4.69) is 26.2 Å². The maximum atomic E-state index is 12.1. The summed E-state index contributed by atoms with van der Waals surface area (Å²) in [5.41, 5.74) is 1.45. The summed E-state index contributed by atoms with van der Waals surface area (Å²) in [5.74, 6) is -1.85. The lowest BCUT2D eigenvalue weighted by Gasteiger charge is -2.14. The van der Waals surface area contributed by atoms with Crippen LogP contribution in [0.2, 0.25) is 0 Å². The van der Waals surface area contributed by atoms with Gasteiger partial charge in [0.25, 0.3) is 0 Å². The second-order valence-corrected chi connectivity index (χ2v) is 10.9. The topological polar surface area (TPSA) is 123 Å². The Morgan fingerprint density at radius 3 is 2.50 bits per heavy atom. The number of benzene rings is 1. The summed E-state index contributed by atoms with van der Waals surface area (Å²) in [5, 5.41) is 12.6. The number of hydrogen-bond donors (Lipinski definition) is 2. The fraction of sp³-hybridized carbons (Fsp3) is 0.421. The van der Waals surface area contributed by atoms with Gasteiger partial charge in [0.2, 0.25) is 0 Å². The van der Waals surface area contributed by atoms with Gasteiger partial charge in [-0.2, -0.15) is 0 Å². The number of aryl methyl sites for hydroxylation is 1. The fourth-order valence-electron chi connectivity index (χ4n) is 2.70. The second-order valence-electron chi connectivity index (χ2n) is 6.58. The molecule has 30 heavy (non-hydrogen) atoms. The third kappa shape index (κ3) is 7.37. The lowest BCUT2D eigenvalue weighted by molar-refractivity contribution is -0.149. The molecule has 0 aliphatic heterocycles. The summed E-state index contributed by atoms with van der Waals surface area (Å²) >= 11 is 4.85. The molecule has 0 spiro atoms. The number of aliphatic carboxylic acids is 1. The van der Waals surface area contributed by atoms with Crippen molar-refractivity contribution in [2.45, 2.75) is 37.5 Å². The number of anilines is 2. The van der Waals surface area contributed by atoms with E-state index in [0.717, 1.165) is 15.7 Å². The van der Waals surface area contributed by atoms with Gasteiger partial charge in [-0.25, -0.2) is 13.4 Å². The Hall–Kier alpha value is -1.98. The van der Waals surface area contributed by atoms with Gasteiger partial charge in [-0.15, -0.1) is 0 Å². The van der Waals surface area contributed by atoms with Crippen molar-refractivity contribution in [3.63, 3.8) is 0 Å². The molecule has 0 fully saturated rings. The number of nitrogens with zero attached hydrogens (tertiary/aromatic N) is 1. The molecule has 2 aromatic rings. The van der Waals surface area contributed by atoms with E-state index in [4.69, 9.17) is 9.84 Å². The molecule has 0 aliphatic carbocycles. The van der Waals surface area contributed by atoms with Gasteiger partial charge in [-0.1, -0.05) is 11.3 Å². The molecule has 2 N–H and O–H groups in total. The smallest absolute Gasteiger partial charge is 0.308 e. The maximum Gasteiger partial charge on any atom is 0.308 e. The molecular weight excluding hydrogens is 496 g/mol. The van der Waals surface area contributed by atoms with Crippen molar-refractivity contribution in [1.29, 1.82) is 0 Å². The highest BCUT2D eigenvalue weighted by molar-refractivity contribution is 9.11. The summed E-state index contributed by atoms with van der Waals surface area (Å²) in [6.45, 7) is 1.96. The Labute approximate surface area is 187 Å². The van der Waals surface area contributed by atoms with Crippen LogP contribution >= 0.6 is 27.3 Å². The predicted molar refractivity (Wildman–Crippen MR) is 118 cm³/mol. The van der Waals surface area contributed by atoms with Gasteiger partial charge in [-0.3, -0.25) is 9.59 Å². The zero-order valence-electron chi connectivity index (χ0n) is 16.6. The molecule has 0 radical (unpaired) electrons. The number of aromatic nitrogens is 1. The Balaban J connectivity index is 2.03. The number of esters is 1. The van der Waals surface area contributed by atoms with Crippen LogP contribution in [-0.2, 0) is 30.6 Å². The largest absolute Gasteiger partial charge is 0.481 e. The van der Waals surface area contributed by atoms with Crippen LogP contribution in [0.3, 0.4) is 0 Å². The molecule has 2 rings (SSSR count). The highest BCUT2D eigenvalue weighted by atomic mass is 79.9. The molecule has 0 saturated heterocycles. The lowest BCUT2D eigenvalue weighted by atomic mass is 9.97. The fourth-order valence-corrected chi connectivity index (χ4v) is 4.84. The zero-order chi connectivity index (χ0) is 22.3. The number of carbonyl (C=O) groups excluding carboxylic acids is 1. The molecule has 0 bridgehead atoms. The Morgan fingerprint density at radius 2 is 1.93 bits per heavy atom. The summed E-state index contributed by atoms with van der Waals surface area (Å²) in [4.78, 5) is 27.7. The average molecular weight is 519 g/mol. The molecule has 8 nitrogen and oxygen atoms in total. The molecule has 1 atom stereocenters. The van der Waals surface area contributed by atoms with Crippen molar-refractivity contribution in [2.75, 3.05) is 18.2 Å². The molecule has 0 saturated carbocycles. The minimum Gasteiger partial charge on any atom is -0.481 e. The van der Waals surface area contributed by atoms with E-state index in [1.54, 1.807) is 19.1 Å². The summed E-state index contributed by atoms with van der Waals surface area (Å²) in [6, 6.07) is 6.36. The van der Waals surface area contributed by atoms with Crippen molar-refractivity contribution >= 4 is 59.9 Å². The van der Waals surface area contributed by atoms with Crippen LogP contribution in [0.15, 0.2) is 32.9 Å². The van der Waals surface area contributed by atoms with Crippen LogP contribution in [-0.4, -0.2) is 43.3 Å². The number of carboxylic acids is 1. The zero-order valence-corrected chi connectivity index (χ0v) is 19.8. The predicted octanol–water partition coefficient (Wildman–Crippen LogP) is 4.03. The van der Waals surface area contributed by atoms with E-state index >= 15 is 0 Å². The van der Waals surface area contributed by atoms with Crippen molar-refractivity contribution in [3.05, 3.63) is 33.7 Å². The number of thiazole rings is 1. The molecule has 0 aliphatic rings. The lowest BCUT2D eigenvalue weighted by Crippen LogP contribution is -2.20. The monoisotopic (exact) mass is 518 g/mol. The minimum atomic E-state index is -3.25. The van der Waals surface area contributed by atoms with Gasteiger partial charge in [0.1, 0.15) is 0 Å². The molecule has 1 aromatic carbocycles. The summed E-state index contributed by atoms with van der Waals surface area (Å²) in [6.07, 6.45) is 2.18. The molecule has 1 heterocycles. The van der Waals surface area contributed by atoms with Gasteiger partial charge in [-0.05, 0) is 66.4 Å². The number of hydrogen-bond acceptors (Lipinski definition) is 8. The van der Waals surface area contributed by atoms with E-state index in [-0.39, 0.29) is 24.3 Å². The van der Waals surface area contributed by atoms with Crippen molar-refractivity contribution in [1.82, 2.24) is 4.98 Å². The third-order valence-electron chi connectivity index (χ3n) is 4.24. The third-order valence-corrected chi connectivity index (χ3v) is 7.11. The quantitative estimate of drug-likeness (QED) is 0.427. The highest BCUT2D eigenvalue weighted by Gasteiger charge is 2.22. The summed E-state index contributed by atoms with van der Waals surface area (Å²) < 4.78 is 29.0. The van der Waals surface area contributed by atoms with Gasteiger partial charge >= 0.3 is 11.9 Å². The highest BCUT2D eigenvalue weighted by Crippen LogP contribution is 2.32. The minimum absolute atomic E-state index is 0.0992. The number of ether oxygens (including phenoxy) is 1. The average Bonchev–Trinajstić information content (AvgIpc) is 3.00. The van der Waals surface area contributed by atoms with Crippen LogP contribution in [0.1, 0.15) is 31.9 Å². The number of halogens is 1. The first-order valence-electron chi connectivity index (χ1n) is 9.21. The first-order valence-corrected chi connectivity index (χ1v) is 12.7. The molecular formula is C19H23BrN2O6S2. The maximum absolute atomic E-state index is 12.1. The van der Waals surface area contributed by atoms with E-state index in [1.807, 2.05) is 0 Å².